The summed E-state index contributed by atoms with van der Waals surface area (Å²) >= 11 is 6.18. The summed E-state index contributed by atoms with van der Waals surface area (Å²) in [6, 6.07) is 8.13. The fourth-order valence-electron chi connectivity index (χ4n) is 2.75. The van der Waals surface area contributed by atoms with E-state index in [1.165, 1.54) is 6.42 Å². The largest absolute Gasteiger partial charge is 0.351 e. The van der Waals surface area contributed by atoms with Gasteiger partial charge >= 0.3 is 0 Å². The fraction of sp³-hybridized carbons (Fsp3) is 0.562. The predicted octanol–water partition coefficient (Wildman–Crippen LogP) is 2.92. The number of benzene rings is 1. The van der Waals surface area contributed by atoms with Crippen molar-refractivity contribution in [3.8, 4) is 0 Å². The zero-order chi connectivity index (χ0) is 14.6. The van der Waals surface area contributed by atoms with Crippen LogP contribution < -0.4 is 10.6 Å². The highest BCUT2D eigenvalue weighted by Crippen LogP contribution is 2.21. The van der Waals surface area contributed by atoms with E-state index in [4.69, 9.17) is 11.6 Å². The summed E-state index contributed by atoms with van der Waals surface area (Å²) in [6.45, 7) is 5.10. The van der Waals surface area contributed by atoms with E-state index in [9.17, 15) is 4.79 Å². The van der Waals surface area contributed by atoms with Crippen molar-refractivity contribution in [2.75, 3.05) is 6.54 Å². The van der Waals surface area contributed by atoms with Crippen molar-refractivity contribution in [1.82, 2.24) is 10.6 Å². The molecular weight excluding hydrogens is 272 g/mol. The molecule has 4 heteroatoms. The van der Waals surface area contributed by atoms with E-state index >= 15 is 0 Å². The lowest BCUT2D eigenvalue weighted by atomic mass is 9.94. The lowest BCUT2D eigenvalue weighted by Crippen LogP contribution is -2.46. The lowest BCUT2D eigenvalue weighted by Gasteiger charge is -2.27. The molecule has 1 aliphatic heterocycles. The van der Waals surface area contributed by atoms with E-state index in [1.807, 2.05) is 38.1 Å². The summed E-state index contributed by atoms with van der Waals surface area (Å²) in [4.78, 5) is 12.1. The lowest BCUT2D eigenvalue weighted by molar-refractivity contribution is -0.123. The van der Waals surface area contributed by atoms with Gasteiger partial charge in [0.1, 0.15) is 0 Å². The predicted molar refractivity (Wildman–Crippen MR) is 83.0 cm³/mol. The Labute approximate surface area is 126 Å². The van der Waals surface area contributed by atoms with Gasteiger partial charge in [0.25, 0.3) is 0 Å². The van der Waals surface area contributed by atoms with Crippen LogP contribution in [0.15, 0.2) is 24.3 Å². The topological polar surface area (TPSA) is 41.1 Å². The minimum atomic E-state index is -0.291. The van der Waals surface area contributed by atoms with Gasteiger partial charge in [0.05, 0.1) is 0 Å². The SMILES string of the molecule is CC(C)(Cc1ccccc1Cl)NC(=O)CC1CCCN1. The van der Waals surface area contributed by atoms with Crippen LogP contribution in [-0.4, -0.2) is 24.0 Å². The Bertz CT molecular complexity index is 467. The third kappa shape index (κ3) is 4.50. The maximum atomic E-state index is 12.1. The second-order valence-electron chi connectivity index (χ2n) is 6.20. The van der Waals surface area contributed by atoms with E-state index in [1.54, 1.807) is 0 Å². The minimum absolute atomic E-state index is 0.112. The van der Waals surface area contributed by atoms with E-state index < -0.39 is 0 Å². The van der Waals surface area contributed by atoms with Gasteiger partial charge in [-0.2, -0.15) is 0 Å². The summed E-state index contributed by atoms with van der Waals surface area (Å²) in [5, 5.41) is 7.23. The van der Waals surface area contributed by atoms with Crippen LogP contribution in [0.2, 0.25) is 5.02 Å². The number of halogens is 1. The van der Waals surface area contributed by atoms with E-state index in [0.717, 1.165) is 30.0 Å². The molecule has 0 spiro atoms. The molecule has 1 amide bonds. The molecule has 2 rings (SSSR count). The number of hydrogen-bond acceptors (Lipinski definition) is 2. The molecule has 0 aliphatic carbocycles. The van der Waals surface area contributed by atoms with Gasteiger partial charge in [-0.15, -0.1) is 0 Å². The summed E-state index contributed by atoms with van der Waals surface area (Å²) in [7, 11) is 0. The Morgan fingerprint density at radius 1 is 1.45 bits per heavy atom. The third-order valence-electron chi connectivity index (χ3n) is 3.66. The first-order valence-electron chi connectivity index (χ1n) is 7.24. The molecule has 0 radical (unpaired) electrons. The molecule has 0 saturated carbocycles. The van der Waals surface area contributed by atoms with Crippen LogP contribution in [0.4, 0.5) is 0 Å². The molecule has 1 aromatic carbocycles. The summed E-state index contributed by atoms with van der Waals surface area (Å²) in [5.74, 6) is 0.112. The van der Waals surface area contributed by atoms with Gasteiger partial charge in [0, 0.05) is 23.0 Å². The van der Waals surface area contributed by atoms with Crippen molar-refractivity contribution in [3.05, 3.63) is 34.9 Å². The van der Waals surface area contributed by atoms with Gasteiger partial charge in [-0.3, -0.25) is 4.79 Å². The third-order valence-corrected chi connectivity index (χ3v) is 4.03. The first-order chi connectivity index (χ1) is 9.46. The van der Waals surface area contributed by atoms with E-state index in [-0.39, 0.29) is 11.4 Å². The molecule has 1 heterocycles. The number of amides is 1. The van der Waals surface area contributed by atoms with Crippen LogP contribution in [0.1, 0.15) is 38.7 Å². The first kappa shape index (κ1) is 15.3. The Balaban J connectivity index is 1.89. The van der Waals surface area contributed by atoms with Gasteiger partial charge in [-0.05, 0) is 51.3 Å². The number of carbonyl (C=O) groups excluding carboxylic acids is 1. The van der Waals surface area contributed by atoms with Gasteiger partial charge in [0.15, 0.2) is 0 Å². The highest BCUT2D eigenvalue weighted by atomic mass is 35.5. The summed E-state index contributed by atoms with van der Waals surface area (Å²) < 4.78 is 0. The second kappa shape index (κ2) is 6.59. The molecule has 1 saturated heterocycles. The zero-order valence-corrected chi connectivity index (χ0v) is 13.0. The maximum absolute atomic E-state index is 12.1. The number of nitrogens with one attached hydrogen (secondary N) is 2. The minimum Gasteiger partial charge on any atom is -0.351 e. The monoisotopic (exact) mass is 294 g/mol. The standard InChI is InChI=1S/C16H23ClN2O/c1-16(2,11-12-6-3-4-8-14(12)17)19-15(20)10-13-7-5-9-18-13/h3-4,6,8,13,18H,5,7,9-11H2,1-2H3,(H,19,20). The molecule has 20 heavy (non-hydrogen) atoms. The van der Waals surface area contributed by atoms with Crippen LogP contribution >= 0.6 is 11.6 Å². The van der Waals surface area contributed by atoms with E-state index in [0.29, 0.717) is 12.5 Å². The summed E-state index contributed by atoms with van der Waals surface area (Å²) in [5.41, 5.74) is 0.777. The molecule has 1 unspecified atom stereocenters. The first-order valence-corrected chi connectivity index (χ1v) is 7.62. The van der Waals surface area contributed by atoms with Crippen molar-refractivity contribution in [2.45, 2.75) is 51.1 Å². The number of hydrogen-bond donors (Lipinski definition) is 2. The van der Waals surface area contributed by atoms with Crippen LogP contribution in [0.5, 0.6) is 0 Å². The molecule has 1 aliphatic rings. The van der Waals surface area contributed by atoms with Crippen LogP contribution in [-0.2, 0) is 11.2 Å². The quantitative estimate of drug-likeness (QED) is 0.877. The maximum Gasteiger partial charge on any atom is 0.221 e. The van der Waals surface area contributed by atoms with Crippen molar-refractivity contribution in [3.63, 3.8) is 0 Å². The molecule has 3 nitrogen and oxygen atoms in total. The Morgan fingerprint density at radius 2 is 2.20 bits per heavy atom. The smallest absolute Gasteiger partial charge is 0.221 e. The summed E-state index contributed by atoms with van der Waals surface area (Å²) in [6.07, 6.45) is 3.56. The number of rotatable bonds is 5. The highest BCUT2D eigenvalue weighted by molar-refractivity contribution is 6.31. The zero-order valence-electron chi connectivity index (χ0n) is 12.2. The molecule has 1 fully saturated rings. The molecular formula is C16H23ClN2O. The normalized spacial score (nSPS) is 19.1. The van der Waals surface area contributed by atoms with Crippen LogP contribution in [0, 0.1) is 0 Å². The van der Waals surface area contributed by atoms with E-state index in [2.05, 4.69) is 10.6 Å². The highest BCUT2D eigenvalue weighted by Gasteiger charge is 2.24. The molecule has 1 atom stereocenters. The Morgan fingerprint density at radius 3 is 2.85 bits per heavy atom. The van der Waals surface area contributed by atoms with Gasteiger partial charge < -0.3 is 10.6 Å². The molecule has 2 N–H and O–H groups in total. The van der Waals surface area contributed by atoms with Crippen molar-refractivity contribution in [2.24, 2.45) is 0 Å². The van der Waals surface area contributed by atoms with Crippen molar-refractivity contribution >= 4 is 17.5 Å². The fourth-order valence-corrected chi connectivity index (χ4v) is 2.95. The molecule has 0 bridgehead atoms. The number of carbonyl (C=O) groups is 1. The Hall–Kier alpha value is -1.06. The molecule has 110 valence electrons. The second-order valence-corrected chi connectivity index (χ2v) is 6.60. The van der Waals surface area contributed by atoms with Gasteiger partial charge in [-0.1, -0.05) is 29.8 Å². The van der Waals surface area contributed by atoms with Crippen LogP contribution in [0.25, 0.3) is 0 Å². The molecule has 0 aromatic heterocycles. The van der Waals surface area contributed by atoms with Crippen molar-refractivity contribution in [1.29, 1.82) is 0 Å². The molecule has 1 aromatic rings. The Kier molecular flexibility index (Phi) is 5.06. The van der Waals surface area contributed by atoms with Gasteiger partial charge in [-0.25, -0.2) is 0 Å². The van der Waals surface area contributed by atoms with Gasteiger partial charge in [0.2, 0.25) is 5.91 Å². The average molecular weight is 295 g/mol. The van der Waals surface area contributed by atoms with Crippen LogP contribution in [0.3, 0.4) is 0 Å². The van der Waals surface area contributed by atoms with Crippen molar-refractivity contribution < 1.29 is 4.79 Å². The average Bonchev–Trinajstić information content (AvgIpc) is 2.83.